The van der Waals surface area contributed by atoms with Crippen LogP contribution in [0.2, 0.25) is 0 Å². The molecular weight excluding hydrogens is 320 g/mol. The number of phenolic OH excluding ortho intramolecular Hbond substituents is 1. The Bertz CT molecular complexity index is 625. The summed E-state index contributed by atoms with van der Waals surface area (Å²) in [5.74, 6) is 0.863. The van der Waals surface area contributed by atoms with Gasteiger partial charge in [0.05, 0.1) is 17.3 Å². The Kier molecular flexibility index (Phi) is 4.74. The van der Waals surface area contributed by atoms with E-state index in [1.807, 2.05) is 31.2 Å². The second-order valence-electron chi connectivity index (χ2n) is 4.20. The van der Waals surface area contributed by atoms with Crippen molar-refractivity contribution in [1.29, 1.82) is 0 Å². The van der Waals surface area contributed by atoms with Crippen molar-refractivity contribution in [2.24, 2.45) is 10.2 Å². The lowest BCUT2D eigenvalue weighted by Crippen LogP contribution is -1.81. The molecular formula is C15H15BrN2O2. The Morgan fingerprint density at radius 2 is 1.85 bits per heavy atom. The lowest BCUT2D eigenvalue weighted by atomic mass is 10.1. The highest BCUT2D eigenvalue weighted by Gasteiger charge is 2.07. The van der Waals surface area contributed by atoms with Crippen molar-refractivity contribution in [3.8, 4) is 11.5 Å². The molecule has 0 saturated heterocycles. The number of halogens is 1. The van der Waals surface area contributed by atoms with Gasteiger partial charge in [0.2, 0.25) is 0 Å². The first-order chi connectivity index (χ1) is 9.63. The van der Waals surface area contributed by atoms with Gasteiger partial charge < -0.3 is 9.84 Å². The molecule has 0 aliphatic heterocycles. The van der Waals surface area contributed by atoms with Crippen molar-refractivity contribution in [2.75, 3.05) is 7.11 Å². The van der Waals surface area contributed by atoms with Crippen LogP contribution in [0.4, 0.5) is 11.4 Å². The van der Waals surface area contributed by atoms with Crippen molar-refractivity contribution >= 4 is 27.3 Å². The molecule has 104 valence electrons. The summed E-state index contributed by atoms with van der Waals surface area (Å²) in [6.45, 7) is 2.04. The molecule has 5 heteroatoms. The van der Waals surface area contributed by atoms with Gasteiger partial charge in [-0.15, -0.1) is 5.11 Å². The van der Waals surface area contributed by atoms with E-state index in [1.165, 1.54) is 0 Å². The van der Waals surface area contributed by atoms with Crippen LogP contribution in [0.15, 0.2) is 51.1 Å². The number of ether oxygens (including phenoxy) is 1. The van der Waals surface area contributed by atoms with Gasteiger partial charge in [-0.05, 0) is 64.3 Å². The summed E-state index contributed by atoms with van der Waals surface area (Å²) >= 11 is 3.31. The van der Waals surface area contributed by atoms with E-state index in [-0.39, 0.29) is 5.75 Å². The van der Waals surface area contributed by atoms with Crippen LogP contribution in [0, 0.1) is 0 Å². The van der Waals surface area contributed by atoms with E-state index in [2.05, 4.69) is 26.2 Å². The van der Waals surface area contributed by atoms with Crippen LogP contribution in [0.5, 0.6) is 11.5 Å². The largest absolute Gasteiger partial charge is 0.505 e. The number of benzene rings is 2. The smallest absolute Gasteiger partial charge is 0.157 e. The standard InChI is InChI=1S/C15H15BrN2O2/c1-3-10-8-13(16)15(19)14(9-10)18-17-11-4-6-12(20-2)7-5-11/h4-9,19H,3H2,1-2H3. The average Bonchev–Trinajstić information content (AvgIpc) is 2.49. The first-order valence-corrected chi connectivity index (χ1v) is 7.00. The summed E-state index contributed by atoms with van der Waals surface area (Å²) in [6.07, 6.45) is 0.865. The number of hydrogen-bond acceptors (Lipinski definition) is 4. The summed E-state index contributed by atoms with van der Waals surface area (Å²) < 4.78 is 5.70. The first kappa shape index (κ1) is 14.5. The third-order valence-electron chi connectivity index (χ3n) is 2.86. The molecule has 0 heterocycles. The Morgan fingerprint density at radius 3 is 2.45 bits per heavy atom. The minimum atomic E-state index is 0.0967. The summed E-state index contributed by atoms with van der Waals surface area (Å²) in [5.41, 5.74) is 2.23. The van der Waals surface area contributed by atoms with Gasteiger partial charge in [0.25, 0.3) is 0 Å². The highest BCUT2D eigenvalue weighted by molar-refractivity contribution is 9.10. The van der Waals surface area contributed by atoms with E-state index >= 15 is 0 Å². The van der Waals surface area contributed by atoms with Crippen molar-refractivity contribution in [3.05, 3.63) is 46.4 Å². The van der Waals surface area contributed by atoms with Crippen LogP contribution in [0.1, 0.15) is 12.5 Å². The second kappa shape index (κ2) is 6.52. The fourth-order valence-electron chi connectivity index (χ4n) is 1.68. The number of aryl methyl sites for hydroxylation is 1. The average molecular weight is 335 g/mol. The molecule has 0 aromatic heterocycles. The van der Waals surface area contributed by atoms with E-state index in [9.17, 15) is 5.11 Å². The molecule has 0 aliphatic rings. The quantitative estimate of drug-likeness (QED) is 0.787. The molecule has 0 amide bonds. The summed E-state index contributed by atoms with van der Waals surface area (Å²) in [7, 11) is 1.61. The zero-order valence-electron chi connectivity index (χ0n) is 11.3. The molecule has 0 fully saturated rings. The summed E-state index contributed by atoms with van der Waals surface area (Å²) in [6, 6.07) is 10.9. The Hall–Kier alpha value is -1.88. The fourth-order valence-corrected chi connectivity index (χ4v) is 2.18. The highest BCUT2D eigenvalue weighted by Crippen LogP contribution is 2.36. The van der Waals surface area contributed by atoms with Crippen molar-refractivity contribution in [1.82, 2.24) is 0 Å². The number of nitrogens with zero attached hydrogens (tertiary/aromatic N) is 2. The number of azo groups is 1. The van der Waals surface area contributed by atoms with E-state index in [0.717, 1.165) is 17.7 Å². The molecule has 0 spiro atoms. The number of hydrogen-bond donors (Lipinski definition) is 1. The Labute approximate surface area is 126 Å². The molecule has 2 rings (SSSR count). The van der Waals surface area contributed by atoms with E-state index < -0.39 is 0 Å². The van der Waals surface area contributed by atoms with Gasteiger partial charge in [-0.25, -0.2) is 0 Å². The highest BCUT2D eigenvalue weighted by atomic mass is 79.9. The van der Waals surface area contributed by atoms with Gasteiger partial charge in [0.15, 0.2) is 5.75 Å². The molecule has 0 aliphatic carbocycles. The van der Waals surface area contributed by atoms with Crippen LogP contribution in [-0.4, -0.2) is 12.2 Å². The van der Waals surface area contributed by atoms with Gasteiger partial charge >= 0.3 is 0 Å². The molecule has 2 aromatic carbocycles. The number of methoxy groups -OCH3 is 1. The van der Waals surface area contributed by atoms with Crippen LogP contribution in [0.25, 0.3) is 0 Å². The van der Waals surface area contributed by atoms with Crippen molar-refractivity contribution < 1.29 is 9.84 Å². The SMILES string of the molecule is CCc1cc(Br)c(O)c(N=Nc2ccc(OC)cc2)c1. The molecule has 4 nitrogen and oxygen atoms in total. The fraction of sp³-hybridized carbons (Fsp3) is 0.200. The third-order valence-corrected chi connectivity index (χ3v) is 3.46. The Balaban J connectivity index is 2.28. The molecule has 2 aromatic rings. The number of rotatable bonds is 4. The minimum Gasteiger partial charge on any atom is -0.505 e. The van der Waals surface area contributed by atoms with E-state index in [1.54, 1.807) is 19.2 Å². The lowest BCUT2D eigenvalue weighted by Gasteiger charge is -2.04. The van der Waals surface area contributed by atoms with E-state index in [4.69, 9.17) is 4.74 Å². The maximum atomic E-state index is 9.96. The monoisotopic (exact) mass is 334 g/mol. The molecule has 0 atom stereocenters. The zero-order valence-corrected chi connectivity index (χ0v) is 12.9. The molecule has 20 heavy (non-hydrogen) atoms. The van der Waals surface area contributed by atoms with Gasteiger partial charge in [0.1, 0.15) is 11.4 Å². The maximum Gasteiger partial charge on any atom is 0.157 e. The third kappa shape index (κ3) is 3.36. The number of aromatic hydroxyl groups is 1. The van der Waals surface area contributed by atoms with Crippen LogP contribution < -0.4 is 4.74 Å². The van der Waals surface area contributed by atoms with Crippen LogP contribution >= 0.6 is 15.9 Å². The zero-order chi connectivity index (χ0) is 14.5. The summed E-state index contributed by atoms with van der Waals surface area (Å²) in [5, 5.41) is 18.2. The molecule has 0 bridgehead atoms. The van der Waals surface area contributed by atoms with Crippen molar-refractivity contribution in [2.45, 2.75) is 13.3 Å². The molecule has 0 unspecified atom stereocenters. The molecule has 0 radical (unpaired) electrons. The predicted octanol–water partition coefficient (Wildman–Crippen LogP) is 5.14. The van der Waals surface area contributed by atoms with Gasteiger partial charge in [-0.2, -0.15) is 5.11 Å². The van der Waals surface area contributed by atoms with Gasteiger partial charge in [-0.3, -0.25) is 0 Å². The summed E-state index contributed by atoms with van der Waals surface area (Å²) in [4.78, 5) is 0. The normalized spacial score (nSPS) is 10.9. The molecule has 0 saturated carbocycles. The van der Waals surface area contributed by atoms with Crippen molar-refractivity contribution in [3.63, 3.8) is 0 Å². The van der Waals surface area contributed by atoms with E-state index in [0.29, 0.717) is 15.8 Å². The maximum absolute atomic E-state index is 9.96. The predicted molar refractivity (Wildman–Crippen MR) is 82.4 cm³/mol. The number of phenols is 1. The van der Waals surface area contributed by atoms with Crippen LogP contribution in [-0.2, 0) is 6.42 Å². The topological polar surface area (TPSA) is 54.2 Å². The van der Waals surface area contributed by atoms with Gasteiger partial charge in [0, 0.05) is 0 Å². The second-order valence-corrected chi connectivity index (χ2v) is 5.05. The van der Waals surface area contributed by atoms with Crippen LogP contribution in [0.3, 0.4) is 0 Å². The Morgan fingerprint density at radius 1 is 1.15 bits per heavy atom. The molecule has 1 N–H and O–H groups in total. The first-order valence-electron chi connectivity index (χ1n) is 6.21. The van der Waals surface area contributed by atoms with Gasteiger partial charge in [-0.1, -0.05) is 6.92 Å². The lowest BCUT2D eigenvalue weighted by molar-refractivity contribution is 0.415. The minimum absolute atomic E-state index is 0.0967.